The number of pyridine rings is 1. The minimum Gasteiger partial charge on any atom is -0.323 e. The number of rotatable bonds is 1. The van der Waals surface area contributed by atoms with E-state index in [9.17, 15) is 8.78 Å². The lowest BCUT2D eigenvalue weighted by Crippen LogP contribution is -2.12. The van der Waals surface area contributed by atoms with Gasteiger partial charge in [0.25, 0.3) is 0 Å². The number of benzene rings is 1. The molecule has 2 atom stereocenters. The van der Waals surface area contributed by atoms with Gasteiger partial charge in [0.1, 0.15) is 0 Å². The second kappa shape index (κ2) is 5.29. The summed E-state index contributed by atoms with van der Waals surface area (Å²) in [6.07, 6.45) is 3.83. The van der Waals surface area contributed by atoms with Gasteiger partial charge in [0.15, 0.2) is 11.6 Å². The van der Waals surface area contributed by atoms with Gasteiger partial charge in [-0.2, -0.15) is 0 Å². The van der Waals surface area contributed by atoms with Gasteiger partial charge in [-0.05, 0) is 48.4 Å². The second-order valence-electron chi connectivity index (χ2n) is 5.28. The molecule has 0 bridgehead atoms. The van der Waals surface area contributed by atoms with Crippen LogP contribution in [0.1, 0.15) is 41.6 Å². The molecule has 0 unspecified atom stereocenters. The quantitative estimate of drug-likeness (QED) is 0.809. The van der Waals surface area contributed by atoms with Gasteiger partial charge in [-0.1, -0.05) is 18.2 Å². The molecule has 2 N–H and O–H groups in total. The zero-order valence-corrected chi connectivity index (χ0v) is 11.0. The van der Waals surface area contributed by atoms with Crippen LogP contribution >= 0.6 is 0 Å². The summed E-state index contributed by atoms with van der Waals surface area (Å²) in [6.45, 7) is 0. The third-order valence-corrected chi connectivity index (χ3v) is 3.99. The Labute approximate surface area is 116 Å². The number of halogens is 2. The van der Waals surface area contributed by atoms with Crippen LogP contribution in [-0.2, 0) is 6.42 Å². The molecule has 1 aromatic heterocycles. The largest absolute Gasteiger partial charge is 0.323 e. The fourth-order valence-corrected chi connectivity index (χ4v) is 2.94. The molecule has 0 saturated heterocycles. The van der Waals surface area contributed by atoms with E-state index in [1.54, 1.807) is 18.3 Å². The number of hydrogen-bond donors (Lipinski definition) is 1. The van der Waals surface area contributed by atoms with E-state index in [4.69, 9.17) is 5.73 Å². The van der Waals surface area contributed by atoms with Gasteiger partial charge < -0.3 is 5.73 Å². The standard InChI is InChI=1S/C16H16F2N2/c17-13-5-1-4-12(15(13)18)10-6-7-14(19)16-11(9-10)3-2-8-20-16/h1-5,8,10,14H,6-7,9,19H2/t10-,14-/m0/s1. The topological polar surface area (TPSA) is 38.9 Å². The van der Waals surface area contributed by atoms with Crippen molar-refractivity contribution < 1.29 is 8.78 Å². The molecule has 0 spiro atoms. The monoisotopic (exact) mass is 274 g/mol. The van der Waals surface area contributed by atoms with Crippen LogP contribution in [0.25, 0.3) is 0 Å². The van der Waals surface area contributed by atoms with Crippen molar-refractivity contribution in [1.82, 2.24) is 4.98 Å². The molecule has 1 aliphatic rings. The number of hydrogen-bond acceptors (Lipinski definition) is 2. The Morgan fingerprint density at radius 3 is 2.80 bits per heavy atom. The number of aromatic nitrogens is 1. The van der Waals surface area contributed by atoms with Gasteiger partial charge in [0, 0.05) is 12.2 Å². The van der Waals surface area contributed by atoms with Crippen LogP contribution in [-0.4, -0.2) is 4.98 Å². The highest BCUT2D eigenvalue weighted by Gasteiger charge is 2.25. The summed E-state index contributed by atoms with van der Waals surface area (Å²) in [5.41, 5.74) is 8.48. The molecule has 20 heavy (non-hydrogen) atoms. The molecule has 104 valence electrons. The Morgan fingerprint density at radius 2 is 1.95 bits per heavy atom. The maximum Gasteiger partial charge on any atom is 0.162 e. The van der Waals surface area contributed by atoms with Crippen LogP contribution in [0.5, 0.6) is 0 Å². The Hall–Kier alpha value is -1.81. The van der Waals surface area contributed by atoms with Crippen LogP contribution in [0.15, 0.2) is 36.5 Å². The average molecular weight is 274 g/mol. The van der Waals surface area contributed by atoms with Crippen molar-refractivity contribution in [2.24, 2.45) is 5.73 Å². The molecule has 0 aliphatic heterocycles. The highest BCUT2D eigenvalue weighted by atomic mass is 19.2. The summed E-state index contributed by atoms with van der Waals surface area (Å²) in [6, 6.07) is 8.07. The van der Waals surface area contributed by atoms with E-state index < -0.39 is 11.6 Å². The molecule has 1 aromatic carbocycles. The molecular weight excluding hydrogens is 258 g/mol. The van der Waals surface area contributed by atoms with Crippen molar-refractivity contribution in [2.45, 2.75) is 31.2 Å². The van der Waals surface area contributed by atoms with E-state index in [0.29, 0.717) is 12.0 Å². The van der Waals surface area contributed by atoms with Crippen molar-refractivity contribution in [3.8, 4) is 0 Å². The third kappa shape index (κ3) is 2.31. The predicted molar refractivity (Wildman–Crippen MR) is 73.2 cm³/mol. The highest BCUT2D eigenvalue weighted by Crippen LogP contribution is 2.35. The minimum atomic E-state index is -0.789. The molecule has 4 heteroatoms. The van der Waals surface area contributed by atoms with Crippen LogP contribution in [0, 0.1) is 11.6 Å². The first kappa shape index (κ1) is 13.2. The van der Waals surface area contributed by atoms with Crippen LogP contribution in [0.4, 0.5) is 8.78 Å². The lowest BCUT2D eigenvalue weighted by Gasteiger charge is -2.16. The molecular formula is C16H16F2N2. The maximum atomic E-state index is 14.0. The Morgan fingerprint density at radius 1 is 1.10 bits per heavy atom. The number of nitrogens with zero attached hydrogens (tertiary/aromatic N) is 1. The van der Waals surface area contributed by atoms with Gasteiger partial charge in [0.05, 0.1) is 5.69 Å². The molecule has 3 rings (SSSR count). The Balaban J connectivity index is 1.99. The summed E-state index contributed by atoms with van der Waals surface area (Å²) in [5, 5.41) is 0. The predicted octanol–water partition coefficient (Wildman–Crippen LogP) is 3.48. The van der Waals surface area contributed by atoms with Crippen LogP contribution < -0.4 is 5.73 Å². The average Bonchev–Trinajstić information content (AvgIpc) is 2.62. The van der Waals surface area contributed by atoms with Gasteiger partial charge in [-0.25, -0.2) is 8.78 Å². The van der Waals surface area contributed by atoms with Gasteiger partial charge >= 0.3 is 0 Å². The van der Waals surface area contributed by atoms with Crippen molar-refractivity contribution in [1.29, 1.82) is 0 Å². The lowest BCUT2D eigenvalue weighted by atomic mass is 9.90. The van der Waals surface area contributed by atoms with Gasteiger partial charge in [0.2, 0.25) is 0 Å². The summed E-state index contributed by atoms with van der Waals surface area (Å²) in [4.78, 5) is 4.34. The van der Waals surface area contributed by atoms with E-state index in [2.05, 4.69) is 4.98 Å². The zero-order valence-electron chi connectivity index (χ0n) is 11.0. The van der Waals surface area contributed by atoms with Crippen LogP contribution in [0.3, 0.4) is 0 Å². The molecule has 0 fully saturated rings. The van der Waals surface area contributed by atoms with E-state index in [0.717, 1.165) is 30.2 Å². The fourth-order valence-electron chi connectivity index (χ4n) is 2.94. The smallest absolute Gasteiger partial charge is 0.162 e. The zero-order chi connectivity index (χ0) is 14.1. The summed E-state index contributed by atoms with van der Waals surface area (Å²) < 4.78 is 27.4. The summed E-state index contributed by atoms with van der Waals surface area (Å²) in [5.74, 6) is -1.58. The first-order valence-corrected chi connectivity index (χ1v) is 6.80. The summed E-state index contributed by atoms with van der Waals surface area (Å²) in [7, 11) is 0. The van der Waals surface area contributed by atoms with Gasteiger partial charge in [-0.15, -0.1) is 0 Å². The molecule has 1 heterocycles. The van der Waals surface area contributed by atoms with Crippen molar-refractivity contribution >= 4 is 0 Å². The second-order valence-corrected chi connectivity index (χ2v) is 5.28. The van der Waals surface area contributed by atoms with Crippen molar-refractivity contribution in [2.75, 3.05) is 0 Å². The lowest BCUT2D eigenvalue weighted by molar-refractivity contribution is 0.474. The Kier molecular flexibility index (Phi) is 3.49. The van der Waals surface area contributed by atoms with E-state index in [1.807, 2.05) is 12.1 Å². The molecule has 1 aliphatic carbocycles. The minimum absolute atomic E-state index is 0.0535. The molecule has 0 amide bonds. The van der Waals surface area contributed by atoms with E-state index in [-0.39, 0.29) is 12.0 Å². The molecule has 2 nitrogen and oxygen atoms in total. The molecule has 0 radical (unpaired) electrons. The summed E-state index contributed by atoms with van der Waals surface area (Å²) >= 11 is 0. The maximum absolute atomic E-state index is 14.0. The highest BCUT2D eigenvalue weighted by molar-refractivity contribution is 5.30. The van der Waals surface area contributed by atoms with Gasteiger partial charge in [-0.3, -0.25) is 4.98 Å². The molecule has 0 saturated carbocycles. The molecule has 2 aromatic rings. The fraction of sp³-hybridized carbons (Fsp3) is 0.312. The third-order valence-electron chi connectivity index (χ3n) is 3.99. The Bertz CT molecular complexity index is 628. The first-order chi connectivity index (χ1) is 9.66. The first-order valence-electron chi connectivity index (χ1n) is 6.80. The SMILES string of the molecule is N[C@H]1CC[C@H](c2cccc(F)c2F)Cc2cccnc21. The number of nitrogens with two attached hydrogens (primary N) is 1. The van der Waals surface area contributed by atoms with Crippen LogP contribution in [0.2, 0.25) is 0 Å². The van der Waals surface area contributed by atoms with E-state index in [1.165, 1.54) is 0 Å². The van der Waals surface area contributed by atoms with Crippen molar-refractivity contribution in [3.05, 3.63) is 65.0 Å². The van der Waals surface area contributed by atoms with Crippen molar-refractivity contribution in [3.63, 3.8) is 0 Å². The number of fused-ring (bicyclic) bond motifs is 1. The van der Waals surface area contributed by atoms with E-state index >= 15 is 0 Å². The normalized spacial score (nSPS) is 22.1.